The van der Waals surface area contributed by atoms with Crippen LogP contribution in [-0.2, 0) is 23.1 Å². The van der Waals surface area contributed by atoms with E-state index >= 15 is 0 Å². The number of hydrogen-bond donors (Lipinski definition) is 0. The molecule has 1 aromatic carbocycles. The van der Waals surface area contributed by atoms with Crippen molar-refractivity contribution in [2.24, 2.45) is 0 Å². The van der Waals surface area contributed by atoms with E-state index in [0.717, 1.165) is 24.8 Å². The Kier molecular flexibility index (Phi) is 6.47. The first-order valence-electron chi connectivity index (χ1n) is 10.2. The van der Waals surface area contributed by atoms with Gasteiger partial charge in [0, 0.05) is 30.8 Å². The Morgan fingerprint density at radius 3 is 2.46 bits per heavy atom. The monoisotopic (exact) mass is 387 g/mol. The number of nitrogens with zero attached hydrogens (tertiary/aromatic N) is 3. The van der Waals surface area contributed by atoms with Crippen LogP contribution >= 0.6 is 0 Å². The third-order valence-corrected chi connectivity index (χ3v) is 5.33. The second kappa shape index (κ2) is 8.84. The summed E-state index contributed by atoms with van der Waals surface area (Å²) in [5.41, 5.74) is 0.875. The van der Waals surface area contributed by atoms with Crippen LogP contribution in [0.2, 0.25) is 0 Å². The number of carbonyl (C=O) groups excluding carboxylic acids is 1. The molecule has 0 atom stereocenters. The molecule has 1 aliphatic carbocycles. The fraction of sp³-hybridized carbons (Fsp3) is 0.591. The molecule has 0 saturated heterocycles. The number of aryl methyl sites for hydroxylation is 1. The maximum absolute atomic E-state index is 13.1. The van der Waals surface area contributed by atoms with E-state index in [1.807, 2.05) is 25.7 Å². The van der Waals surface area contributed by atoms with Crippen molar-refractivity contribution in [3.63, 3.8) is 0 Å². The van der Waals surface area contributed by atoms with Gasteiger partial charge in [-0.05, 0) is 37.0 Å². The van der Waals surface area contributed by atoms with Crippen LogP contribution in [0.4, 0.5) is 4.39 Å². The molecule has 1 aromatic heterocycles. The minimum atomic E-state index is -0.235. The number of amides is 1. The summed E-state index contributed by atoms with van der Waals surface area (Å²) in [6.45, 7) is 6.75. The number of rotatable bonds is 7. The molecular formula is C22H30FN3O2. The lowest BCUT2D eigenvalue weighted by atomic mass is 9.96. The molecule has 0 N–H and O–H groups in total. The standard InChI is InChI=1S/C22H30FN3O2/c1-22(2,3)21-24-19(28-25-21)12-13-20(27)26(18-6-4-5-7-18)15-14-16-8-10-17(23)11-9-16/h8-11,18H,4-7,12-15H2,1-3H3. The lowest BCUT2D eigenvalue weighted by Crippen LogP contribution is -2.40. The van der Waals surface area contributed by atoms with Gasteiger partial charge in [0.2, 0.25) is 11.8 Å². The van der Waals surface area contributed by atoms with E-state index in [2.05, 4.69) is 10.1 Å². The van der Waals surface area contributed by atoms with Crippen LogP contribution in [0.15, 0.2) is 28.8 Å². The largest absolute Gasteiger partial charge is 0.339 e. The van der Waals surface area contributed by atoms with E-state index in [0.29, 0.717) is 37.1 Å². The summed E-state index contributed by atoms with van der Waals surface area (Å²) < 4.78 is 18.4. The van der Waals surface area contributed by atoms with Gasteiger partial charge in [-0.1, -0.05) is 50.9 Å². The average Bonchev–Trinajstić information content (AvgIpc) is 3.33. The zero-order chi connectivity index (χ0) is 20.1. The van der Waals surface area contributed by atoms with Gasteiger partial charge in [-0.3, -0.25) is 4.79 Å². The zero-order valence-electron chi connectivity index (χ0n) is 17.1. The molecule has 152 valence electrons. The highest BCUT2D eigenvalue weighted by Gasteiger charge is 2.27. The smallest absolute Gasteiger partial charge is 0.227 e. The minimum absolute atomic E-state index is 0.129. The molecule has 1 aliphatic rings. The van der Waals surface area contributed by atoms with Crippen molar-refractivity contribution in [2.45, 2.75) is 77.2 Å². The molecule has 6 heteroatoms. The quantitative estimate of drug-likeness (QED) is 0.704. The van der Waals surface area contributed by atoms with Crippen LogP contribution in [0.1, 0.15) is 70.2 Å². The molecule has 1 heterocycles. The molecule has 0 radical (unpaired) electrons. The molecule has 0 spiro atoms. The van der Waals surface area contributed by atoms with Gasteiger partial charge < -0.3 is 9.42 Å². The van der Waals surface area contributed by atoms with Gasteiger partial charge in [0.1, 0.15) is 5.82 Å². The Balaban J connectivity index is 1.60. The van der Waals surface area contributed by atoms with Crippen LogP contribution in [0.3, 0.4) is 0 Å². The van der Waals surface area contributed by atoms with Crippen LogP contribution in [0.25, 0.3) is 0 Å². The summed E-state index contributed by atoms with van der Waals surface area (Å²) in [5, 5.41) is 4.03. The second-order valence-electron chi connectivity index (χ2n) is 8.66. The predicted molar refractivity (Wildman–Crippen MR) is 105 cm³/mol. The highest BCUT2D eigenvalue weighted by molar-refractivity contribution is 5.76. The molecule has 2 aromatic rings. The first kappa shape index (κ1) is 20.5. The first-order valence-corrected chi connectivity index (χ1v) is 10.2. The van der Waals surface area contributed by atoms with Crippen LogP contribution in [0, 0.1) is 5.82 Å². The molecular weight excluding hydrogens is 357 g/mol. The predicted octanol–water partition coefficient (Wildman–Crippen LogP) is 4.45. The first-order chi connectivity index (χ1) is 13.3. The Morgan fingerprint density at radius 2 is 1.86 bits per heavy atom. The van der Waals surface area contributed by atoms with Crippen molar-refractivity contribution < 1.29 is 13.7 Å². The molecule has 0 bridgehead atoms. The van der Waals surface area contributed by atoms with E-state index in [9.17, 15) is 9.18 Å². The number of benzene rings is 1. The van der Waals surface area contributed by atoms with Gasteiger partial charge in [0.25, 0.3) is 0 Å². The van der Waals surface area contributed by atoms with Crippen molar-refractivity contribution in [1.82, 2.24) is 15.0 Å². The second-order valence-corrected chi connectivity index (χ2v) is 8.66. The maximum atomic E-state index is 13.1. The summed E-state index contributed by atoms with van der Waals surface area (Å²) >= 11 is 0. The van der Waals surface area contributed by atoms with Gasteiger partial charge in [0.05, 0.1) is 0 Å². The lowest BCUT2D eigenvalue weighted by Gasteiger charge is -2.29. The highest BCUT2D eigenvalue weighted by atomic mass is 19.1. The molecule has 28 heavy (non-hydrogen) atoms. The highest BCUT2D eigenvalue weighted by Crippen LogP contribution is 2.25. The summed E-state index contributed by atoms with van der Waals surface area (Å²) in [5.74, 6) is 1.08. The molecule has 0 aliphatic heterocycles. The van der Waals surface area contributed by atoms with E-state index < -0.39 is 0 Å². The van der Waals surface area contributed by atoms with Crippen molar-refractivity contribution in [3.05, 3.63) is 47.4 Å². The summed E-state index contributed by atoms with van der Waals surface area (Å²) in [6, 6.07) is 6.83. The molecule has 1 fully saturated rings. The maximum Gasteiger partial charge on any atom is 0.227 e. The Morgan fingerprint density at radius 1 is 1.18 bits per heavy atom. The fourth-order valence-electron chi connectivity index (χ4n) is 3.65. The van der Waals surface area contributed by atoms with Crippen molar-refractivity contribution in [1.29, 1.82) is 0 Å². The Hall–Kier alpha value is -2.24. The number of carbonyl (C=O) groups is 1. The minimum Gasteiger partial charge on any atom is -0.339 e. The van der Waals surface area contributed by atoms with E-state index in [4.69, 9.17) is 4.52 Å². The number of halogens is 1. The summed E-state index contributed by atoms with van der Waals surface area (Å²) in [6.07, 6.45) is 6.02. The van der Waals surface area contributed by atoms with Gasteiger partial charge in [-0.25, -0.2) is 4.39 Å². The number of aromatic nitrogens is 2. The number of hydrogen-bond acceptors (Lipinski definition) is 4. The van der Waals surface area contributed by atoms with Crippen molar-refractivity contribution in [2.75, 3.05) is 6.54 Å². The Bertz CT molecular complexity index is 774. The van der Waals surface area contributed by atoms with Crippen LogP contribution in [0.5, 0.6) is 0 Å². The fourth-order valence-corrected chi connectivity index (χ4v) is 3.65. The van der Waals surface area contributed by atoms with Crippen molar-refractivity contribution in [3.8, 4) is 0 Å². The molecule has 1 saturated carbocycles. The van der Waals surface area contributed by atoms with E-state index in [1.54, 1.807) is 12.1 Å². The third-order valence-electron chi connectivity index (χ3n) is 5.33. The normalized spacial score (nSPS) is 15.1. The van der Waals surface area contributed by atoms with Gasteiger partial charge in [0.15, 0.2) is 5.82 Å². The van der Waals surface area contributed by atoms with E-state index in [1.165, 1.54) is 25.0 Å². The van der Waals surface area contributed by atoms with Gasteiger partial charge >= 0.3 is 0 Å². The third kappa shape index (κ3) is 5.40. The summed E-state index contributed by atoms with van der Waals surface area (Å²) in [7, 11) is 0. The molecule has 0 unspecified atom stereocenters. The van der Waals surface area contributed by atoms with E-state index in [-0.39, 0.29) is 17.1 Å². The van der Waals surface area contributed by atoms with Crippen molar-refractivity contribution >= 4 is 5.91 Å². The lowest BCUT2D eigenvalue weighted by molar-refractivity contribution is -0.133. The van der Waals surface area contributed by atoms with Gasteiger partial charge in [-0.15, -0.1) is 0 Å². The Labute approximate surface area is 166 Å². The molecule has 1 amide bonds. The van der Waals surface area contributed by atoms with Gasteiger partial charge in [-0.2, -0.15) is 4.98 Å². The topological polar surface area (TPSA) is 59.2 Å². The molecule has 3 rings (SSSR count). The zero-order valence-corrected chi connectivity index (χ0v) is 17.1. The SMILES string of the molecule is CC(C)(C)c1noc(CCC(=O)N(CCc2ccc(F)cc2)C2CCCC2)n1. The summed E-state index contributed by atoms with van der Waals surface area (Å²) in [4.78, 5) is 19.4. The van der Waals surface area contributed by atoms with Crippen LogP contribution < -0.4 is 0 Å². The average molecular weight is 387 g/mol. The molecule has 5 nitrogen and oxygen atoms in total. The van der Waals surface area contributed by atoms with Crippen LogP contribution in [-0.4, -0.2) is 33.5 Å².